The Labute approximate surface area is 179 Å². The highest BCUT2D eigenvalue weighted by Crippen LogP contribution is 2.40. The lowest BCUT2D eigenvalue weighted by molar-refractivity contribution is 0.138. The Morgan fingerprint density at radius 3 is 2.31 bits per heavy atom. The van der Waals surface area contributed by atoms with E-state index < -0.39 is 0 Å². The summed E-state index contributed by atoms with van der Waals surface area (Å²) in [5, 5.41) is 7.04. The third-order valence-electron chi connectivity index (χ3n) is 5.43. The van der Waals surface area contributed by atoms with Crippen LogP contribution in [-0.4, -0.2) is 65.4 Å². The van der Waals surface area contributed by atoms with Crippen molar-refractivity contribution >= 4 is 29.9 Å². The van der Waals surface area contributed by atoms with Crippen LogP contribution in [0.4, 0.5) is 0 Å². The molecule has 0 heterocycles. The Morgan fingerprint density at radius 2 is 1.69 bits per heavy atom. The van der Waals surface area contributed by atoms with Gasteiger partial charge in [-0.15, -0.1) is 24.0 Å². The molecular formula is C20H43IN4O. The molecule has 0 bridgehead atoms. The number of hydrogen-bond acceptors (Lipinski definition) is 3. The number of unbranched alkanes of at least 4 members (excludes halogenated alkanes) is 4. The summed E-state index contributed by atoms with van der Waals surface area (Å²) in [6.45, 7) is 4.10. The van der Waals surface area contributed by atoms with E-state index in [2.05, 4.69) is 34.6 Å². The van der Waals surface area contributed by atoms with Gasteiger partial charge in [0.25, 0.3) is 0 Å². The van der Waals surface area contributed by atoms with E-state index >= 15 is 0 Å². The monoisotopic (exact) mass is 482 g/mol. The van der Waals surface area contributed by atoms with Crippen molar-refractivity contribution in [2.75, 3.05) is 54.5 Å². The fourth-order valence-electron chi connectivity index (χ4n) is 3.74. The molecule has 6 heteroatoms. The van der Waals surface area contributed by atoms with Crippen LogP contribution in [0.25, 0.3) is 0 Å². The zero-order valence-electron chi connectivity index (χ0n) is 17.6. The summed E-state index contributed by atoms with van der Waals surface area (Å²) in [6.07, 6.45) is 13.0. The number of guanidine groups is 1. The van der Waals surface area contributed by atoms with Crippen LogP contribution in [0.15, 0.2) is 4.99 Å². The lowest BCUT2D eigenvalue weighted by Gasteiger charge is -2.30. The van der Waals surface area contributed by atoms with E-state index in [-0.39, 0.29) is 24.0 Å². The fraction of sp³-hybridized carbons (Fsp3) is 0.950. The second-order valence-electron chi connectivity index (χ2n) is 7.87. The van der Waals surface area contributed by atoms with Crippen molar-refractivity contribution in [2.45, 2.75) is 64.2 Å². The molecule has 0 atom stereocenters. The number of rotatable bonds is 13. The summed E-state index contributed by atoms with van der Waals surface area (Å²) < 4.78 is 5.32. The molecular weight excluding hydrogens is 439 g/mol. The van der Waals surface area contributed by atoms with Gasteiger partial charge in [0.1, 0.15) is 0 Å². The normalized spacial score (nSPS) is 16.6. The summed E-state index contributed by atoms with van der Waals surface area (Å²) in [4.78, 5) is 6.65. The number of methoxy groups -OCH3 is 1. The molecule has 1 fully saturated rings. The van der Waals surface area contributed by atoms with Crippen LogP contribution in [0.5, 0.6) is 0 Å². The second kappa shape index (κ2) is 15.9. The number of nitrogens with zero attached hydrogens (tertiary/aromatic N) is 2. The quantitative estimate of drug-likeness (QED) is 0.181. The molecule has 0 saturated heterocycles. The maximum atomic E-state index is 5.32. The number of aliphatic imine (C=N–C) groups is 1. The largest absolute Gasteiger partial charge is 0.385 e. The molecule has 0 unspecified atom stereocenters. The minimum atomic E-state index is 0. The van der Waals surface area contributed by atoms with Gasteiger partial charge in [-0.05, 0) is 58.2 Å². The maximum absolute atomic E-state index is 5.32. The van der Waals surface area contributed by atoms with Gasteiger partial charge in [-0.25, -0.2) is 0 Å². The Kier molecular flexibility index (Phi) is 15.9. The lowest BCUT2D eigenvalue weighted by atomic mass is 9.83. The van der Waals surface area contributed by atoms with Crippen LogP contribution in [-0.2, 0) is 4.74 Å². The van der Waals surface area contributed by atoms with Crippen molar-refractivity contribution in [2.24, 2.45) is 10.4 Å². The zero-order valence-corrected chi connectivity index (χ0v) is 19.9. The molecule has 0 aromatic carbocycles. The van der Waals surface area contributed by atoms with Crippen LogP contribution in [0.1, 0.15) is 64.2 Å². The van der Waals surface area contributed by atoms with Crippen LogP contribution in [0.2, 0.25) is 0 Å². The van der Waals surface area contributed by atoms with Gasteiger partial charge in [0.15, 0.2) is 5.96 Å². The molecule has 0 radical (unpaired) electrons. The third-order valence-corrected chi connectivity index (χ3v) is 5.43. The molecule has 0 aliphatic heterocycles. The highest BCUT2D eigenvalue weighted by atomic mass is 127. The molecule has 0 aromatic heterocycles. The van der Waals surface area contributed by atoms with Crippen molar-refractivity contribution in [1.29, 1.82) is 0 Å². The van der Waals surface area contributed by atoms with Crippen molar-refractivity contribution in [3.8, 4) is 0 Å². The fourth-order valence-corrected chi connectivity index (χ4v) is 3.74. The van der Waals surface area contributed by atoms with Crippen LogP contribution in [0.3, 0.4) is 0 Å². The molecule has 2 N–H and O–H groups in total. The van der Waals surface area contributed by atoms with Gasteiger partial charge in [-0.2, -0.15) is 0 Å². The minimum absolute atomic E-state index is 0. The first-order chi connectivity index (χ1) is 12.1. The first-order valence-corrected chi connectivity index (χ1v) is 10.2. The first-order valence-electron chi connectivity index (χ1n) is 10.2. The summed E-state index contributed by atoms with van der Waals surface area (Å²) in [5.41, 5.74) is 0.403. The van der Waals surface area contributed by atoms with E-state index in [9.17, 15) is 0 Å². The topological polar surface area (TPSA) is 48.9 Å². The summed E-state index contributed by atoms with van der Waals surface area (Å²) in [7, 11) is 7.96. The van der Waals surface area contributed by atoms with Crippen molar-refractivity contribution in [3.05, 3.63) is 0 Å². The summed E-state index contributed by atoms with van der Waals surface area (Å²) >= 11 is 0. The molecule has 1 aliphatic rings. The third kappa shape index (κ3) is 11.6. The van der Waals surface area contributed by atoms with Gasteiger partial charge < -0.3 is 20.3 Å². The Bertz CT molecular complexity index is 358. The van der Waals surface area contributed by atoms with Crippen molar-refractivity contribution in [3.63, 3.8) is 0 Å². The average Bonchev–Trinajstić information content (AvgIpc) is 3.07. The van der Waals surface area contributed by atoms with Crippen LogP contribution >= 0.6 is 24.0 Å². The number of ether oxygens (including phenoxy) is 1. The number of hydrogen-bond donors (Lipinski definition) is 2. The predicted molar refractivity (Wildman–Crippen MR) is 124 cm³/mol. The van der Waals surface area contributed by atoms with Gasteiger partial charge in [-0.1, -0.05) is 32.1 Å². The van der Waals surface area contributed by atoms with E-state index in [1.54, 1.807) is 7.11 Å². The molecule has 1 rings (SSSR count). The Balaban J connectivity index is 0.00000625. The molecule has 156 valence electrons. The van der Waals surface area contributed by atoms with E-state index in [1.807, 2.05) is 7.05 Å². The highest BCUT2D eigenvalue weighted by molar-refractivity contribution is 14.0. The Hall–Kier alpha value is -0.0800. The van der Waals surface area contributed by atoms with Crippen molar-refractivity contribution in [1.82, 2.24) is 15.5 Å². The second-order valence-corrected chi connectivity index (χ2v) is 7.87. The lowest BCUT2D eigenvalue weighted by Crippen LogP contribution is -2.43. The van der Waals surface area contributed by atoms with E-state index in [0.717, 1.165) is 32.1 Å². The van der Waals surface area contributed by atoms with Crippen LogP contribution in [0, 0.1) is 5.41 Å². The predicted octanol–water partition coefficient (Wildman–Crippen LogP) is 3.88. The zero-order chi connectivity index (χ0) is 18.4. The minimum Gasteiger partial charge on any atom is -0.385 e. The van der Waals surface area contributed by atoms with Gasteiger partial charge in [-0.3, -0.25) is 4.99 Å². The average molecular weight is 482 g/mol. The molecule has 1 saturated carbocycles. The summed E-state index contributed by atoms with van der Waals surface area (Å²) in [5.74, 6) is 0.955. The number of halogens is 1. The number of nitrogens with one attached hydrogen (secondary N) is 2. The van der Waals surface area contributed by atoms with Crippen LogP contribution < -0.4 is 10.6 Å². The van der Waals surface area contributed by atoms with Gasteiger partial charge in [0.2, 0.25) is 0 Å². The standard InChI is InChI=1S/C20H42N4O.HI/c1-21-19(22-15-10-6-5-7-11-16-24(2)3)23-18-20(14-17-25-4)12-8-9-13-20;/h5-18H2,1-4H3,(H2,21,22,23);1H. The molecule has 5 nitrogen and oxygen atoms in total. The molecule has 1 aliphatic carbocycles. The molecule has 0 spiro atoms. The smallest absolute Gasteiger partial charge is 0.190 e. The highest BCUT2D eigenvalue weighted by Gasteiger charge is 2.33. The van der Waals surface area contributed by atoms with E-state index in [0.29, 0.717) is 5.41 Å². The molecule has 26 heavy (non-hydrogen) atoms. The maximum Gasteiger partial charge on any atom is 0.190 e. The van der Waals surface area contributed by atoms with E-state index in [1.165, 1.54) is 64.3 Å². The molecule has 0 amide bonds. The van der Waals surface area contributed by atoms with Gasteiger partial charge in [0, 0.05) is 33.9 Å². The summed E-state index contributed by atoms with van der Waals surface area (Å²) in [6, 6.07) is 0. The van der Waals surface area contributed by atoms with E-state index in [4.69, 9.17) is 4.74 Å². The molecule has 0 aromatic rings. The SMILES string of the molecule is CN=C(NCCCCCCCN(C)C)NCC1(CCOC)CCCC1.I. The van der Waals surface area contributed by atoms with Gasteiger partial charge in [0.05, 0.1) is 0 Å². The Morgan fingerprint density at radius 1 is 1.04 bits per heavy atom. The first kappa shape index (κ1) is 25.9. The van der Waals surface area contributed by atoms with Crippen molar-refractivity contribution < 1.29 is 4.74 Å². The van der Waals surface area contributed by atoms with Gasteiger partial charge >= 0.3 is 0 Å².